The van der Waals surface area contributed by atoms with Crippen LogP contribution in [0.5, 0.6) is 0 Å². The minimum Gasteiger partial charge on any atom is -0.744 e. The maximum Gasteiger partial charge on any atom is 2.00 e. The van der Waals surface area contributed by atoms with Crippen LogP contribution < -0.4 is 0 Å². The number of carbonyl (C=O) groups is 4. The average Bonchev–Trinajstić information content (AvgIpc) is 3.35. The van der Waals surface area contributed by atoms with Crippen LogP contribution in [0, 0.1) is 0 Å². The summed E-state index contributed by atoms with van der Waals surface area (Å²) in [7, 11) is -9.62. The smallest absolute Gasteiger partial charge is 0.744 e. The Labute approximate surface area is 467 Å². The molecule has 0 atom stereocenters. The number of allylic oxidation sites excluding steroid dienone is 4. The van der Waals surface area contributed by atoms with Crippen molar-refractivity contribution in [3.8, 4) is 0 Å². The molecule has 0 aromatic heterocycles. The summed E-state index contributed by atoms with van der Waals surface area (Å²) in [6.07, 6.45) is 40.6. The first-order valence-corrected chi connectivity index (χ1v) is 28.9. The fraction of sp³-hybridized carbons (Fsp3) is 0.571. The van der Waals surface area contributed by atoms with Crippen molar-refractivity contribution in [2.75, 3.05) is 26.4 Å². The van der Waals surface area contributed by atoms with Crippen LogP contribution in [0.25, 0.3) is 0 Å². The third kappa shape index (κ3) is 33.8. The predicted octanol–water partition coefficient (Wildman–Crippen LogP) is 13.1. The fourth-order valence-corrected chi connectivity index (χ4v) is 7.93. The third-order valence-electron chi connectivity index (χ3n) is 11.1. The van der Waals surface area contributed by atoms with Crippen LogP contribution in [0.2, 0.25) is 0 Å². The summed E-state index contributed by atoms with van der Waals surface area (Å²) in [6, 6.07) is 5.97. The summed E-state index contributed by atoms with van der Waals surface area (Å²) >= 11 is 0. The number of ether oxygens (including phenoxy) is 4. The quantitative estimate of drug-likeness (QED) is 0.0152. The first-order valence-electron chi connectivity index (χ1n) is 26.1. The van der Waals surface area contributed by atoms with Crippen molar-refractivity contribution in [2.24, 2.45) is 0 Å². The monoisotopic (exact) mass is 1080 g/mol. The number of hydrogen-bond donors (Lipinski definition) is 0. The van der Waals surface area contributed by atoms with Crippen molar-refractivity contribution in [3.63, 3.8) is 0 Å². The van der Waals surface area contributed by atoms with Crippen LogP contribution in [-0.4, -0.2) is 114 Å². The van der Waals surface area contributed by atoms with Gasteiger partial charge < -0.3 is 28.1 Å². The topological polar surface area (TPSA) is 220 Å². The number of rotatable bonds is 38. The summed E-state index contributed by atoms with van der Waals surface area (Å²) < 4.78 is 89.5. The zero-order chi connectivity index (χ0) is 53.3. The molecule has 0 aliphatic heterocycles. The van der Waals surface area contributed by atoms with Crippen LogP contribution >= 0.6 is 0 Å². The van der Waals surface area contributed by atoms with Gasteiger partial charge in [-0.2, -0.15) is 0 Å². The minimum absolute atomic E-state index is 0. The molecule has 0 unspecified atom stereocenters. The van der Waals surface area contributed by atoms with Crippen molar-refractivity contribution in [3.05, 3.63) is 107 Å². The molecule has 2 aromatic carbocycles. The van der Waals surface area contributed by atoms with Gasteiger partial charge in [0.1, 0.15) is 20.2 Å². The number of unbranched alkanes of at least 4 members (excludes halogenated alkanes) is 16. The molecule has 0 spiro atoms. The molecule has 404 valence electrons. The van der Waals surface area contributed by atoms with Gasteiger partial charge in [0.2, 0.25) is 0 Å². The SMILES string of the molecule is CCCCCC/C=C/CCOC(=O)c1ccc(S(=O)(=O)[O-])cc1C(=O)OCC/C=C/CCCCCC.CCCCCC/C=C/CCOC(=O)c1ccc(S(=O)(=O)[O-])cc1C(=O)OCC/C=C/CCCCCC.[Ca+2]. The second-order valence-electron chi connectivity index (χ2n) is 17.3. The first kappa shape index (κ1) is 69.4. The van der Waals surface area contributed by atoms with E-state index < -0.39 is 53.9 Å². The van der Waals surface area contributed by atoms with Gasteiger partial charge >= 0.3 is 61.6 Å². The standard InChI is InChI=1S/2C28H42O7S.Ca/c2*1-3-5-7-9-11-13-15-17-21-34-27(29)25-20-19-24(36(31,32)33)23-26(25)28(30)35-22-18-16-14-12-10-8-6-4-2;/h2*13-16,19-20,23H,3-12,17-18,21-22H2,1-2H3,(H,31,32,33);/q;;+2/p-2/b2*15-13+,16-14+;. The number of hydrogen-bond acceptors (Lipinski definition) is 14. The molecule has 0 amide bonds. The molecule has 14 nitrogen and oxygen atoms in total. The molecule has 0 heterocycles. The van der Waals surface area contributed by atoms with Crippen LogP contribution in [0.3, 0.4) is 0 Å². The van der Waals surface area contributed by atoms with Crippen molar-refractivity contribution >= 4 is 81.9 Å². The second kappa shape index (κ2) is 43.6. The van der Waals surface area contributed by atoms with E-state index in [2.05, 4.69) is 39.8 Å². The zero-order valence-corrected chi connectivity index (χ0v) is 48.0. The van der Waals surface area contributed by atoms with Gasteiger partial charge in [-0.1, -0.05) is 153 Å². The van der Waals surface area contributed by atoms with Crippen LogP contribution in [0.1, 0.15) is 223 Å². The molecule has 73 heavy (non-hydrogen) atoms. The van der Waals surface area contributed by atoms with Crippen molar-refractivity contribution < 1.29 is 64.1 Å². The molecular weight excluding hydrogens is 1000 g/mol. The number of benzene rings is 2. The Hall–Kier alpha value is -3.64. The van der Waals surface area contributed by atoms with E-state index in [1.54, 1.807) is 0 Å². The molecule has 17 heteroatoms. The molecule has 2 rings (SSSR count). The second-order valence-corrected chi connectivity index (χ2v) is 20.1. The van der Waals surface area contributed by atoms with E-state index in [0.717, 1.165) is 87.8 Å². The van der Waals surface area contributed by atoms with E-state index in [-0.39, 0.29) is 86.4 Å². The third-order valence-corrected chi connectivity index (χ3v) is 12.7. The van der Waals surface area contributed by atoms with Gasteiger partial charge in [-0.15, -0.1) is 0 Å². The molecular formula is C56H82CaO14S2. The minimum atomic E-state index is -4.81. The van der Waals surface area contributed by atoms with Gasteiger partial charge in [0.05, 0.1) is 58.5 Å². The van der Waals surface area contributed by atoms with Crippen molar-refractivity contribution in [1.82, 2.24) is 0 Å². The molecule has 0 saturated heterocycles. The largest absolute Gasteiger partial charge is 2.00 e. The summed E-state index contributed by atoms with van der Waals surface area (Å²) in [4.78, 5) is 49.2. The van der Waals surface area contributed by atoms with E-state index in [1.165, 1.54) is 77.0 Å². The summed E-state index contributed by atoms with van der Waals surface area (Å²) in [6.45, 7) is 9.01. The van der Waals surface area contributed by atoms with E-state index in [4.69, 9.17) is 18.9 Å². The van der Waals surface area contributed by atoms with Crippen molar-refractivity contribution in [1.29, 1.82) is 0 Å². The summed E-state index contributed by atoms with van der Waals surface area (Å²) in [5, 5.41) is 0. The molecule has 0 saturated carbocycles. The van der Waals surface area contributed by atoms with Gasteiger partial charge in [0.25, 0.3) is 0 Å². The Balaban J connectivity index is 0.00000140. The van der Waals surface area contributed by atoms with Crippen molar-refractivity contribution in [2.45, 2.75) is 192 Å². The molecule has 0 fully saturated rings. The number of esters is 4. The van der Waals surface area contributed by atoms with Gasteiger partial charge in [-0.3, -0.25) is 0 Å². The van der Waals surface area contributed by atoms with Gasteiger partial charge in [-0.05, 0) is 113 Å². The predicted molar refractivity (Wildman–Crippen MR) is 286 cm³/mol. The first-order chi connectivity index (χ1) is 34.6. The fourth-order valence-electron chi connectivity index (χ4n) is 6.94. The molecule has 0 bridgehead atoms. The maximum absolute atomic E-state index is 12.6. The Morgan fingerprint density at radius 3 is 0.836 bits per heavy atom. The Kier molecular flexibility index (Phi) is 41.4. The number of carbonyl (C=O) groups excluding carboxylic acids is 4. The maximum atomic E-state index is 12.6. The van der Waals surface area contributed by atoms with Crippen LogP contribution in [0.15, 0.2) is 94.8 Å². The zero-order valence-electron chi connectivity index (χ0n) is 44.1. The Bertz CT molecular complexity index is 2060. The Morgan fingerprint density at radius 1 is 0.370 bits per heavy atom. The molecule has 0 aliphatic carbocycles. The van der Waals surface area contributed by atoms with E-state index in [1.807, 2.05) is 36.5 Å². The Morgan fingerprint density at radius 2 is 0.603 bits per heavy atom. The summed E-state index contributed by atoms with van der Waals surface area (Å²) in [5.74, 6) is -3.31. The van der Waals surface area contributed by atoms with Gasteiger partial charge in [0.15, 0.2) is 0 Å². The van der Waals surface area contributed by atoms with Crippen LogP contribution in [0.4, 0.5) is 0 Å². The molecule has 0 aliphatic rings. The summed E-state index contributed by atoms with van der Waals surface area (Å²) in [5.41, 5.74) is -0.872. The van der Waals surface area contributed by atoms with Crippen LogP contribution in [-0.2, 0) is 39.2 Å². The van der Waals surface area contributed by atoms with E-state index >= 15 is 0 Å². The van der Waals surface area contributed by atoms with E-state index in [0.29, 0.717) is 25.7 Å². The average molecular weight is 1080 g/mol. The van der Waals surface area contributed by atoms with E-state index in [9.17, 15) is 45.1 Å². The van der Waals surface area contributed by atoms with Gasteiger partial charge in [-0.25, -0.2) is 36.0 Å². The molecule has 2 aromatic rings. The normalized spacial score (nSPS) is 11.7. The van der Waals surface area contributed by atoms with Gasteiger partial charge in [0, 0.05) is 0 Å². The molecule has 0 radical (unpaired) electrons. The molecule has 0 N–H and O–H groups in total.